The minimum atomic E-state index is 0.00789. The summed E-state index contributed by atoms with van der Waals surface area (Å²) in [5.74, 6) is 0.00789. The van der Waals surface area contributed by atoms with Gasteiger partial charge in [-0.05, 0) is 44.9 Å². The van der Waals surface area contributed by atoms with Gasteiger partial charge in [-0.15, -0.1) is 0 Å². The van der Waals surface area contributed by atoms with Crippen molar-refractivity contribution < 1.29 is 9.53 Å². The van der Waals surface area contributed by atoms with Crippen LogP contribution in [0, 0.1) is 0 Å². The molecule has 0 radical (unpaired) electrons. The molecule has 2 saturated heterocycles. The Morgan fingerprint density at radius 2 is 1.96 bits per heavy atom. The standard InChI is InChI=1S/C18H24Cl2N2O2/c1-12-9-21(10-13(2)24-12)11-15-4-3-7-22(15)18(23)16-6-5-14(19)8-17(16)20/h5-6,8,12-13,15H,3-4,7,9-11H2,1-2H3/t12-,13-,15-/m1/s1. The first-order valence-electron chi connectivity index (χ1n) is 8.58. The molecule has 2 heterocycles. The average molecular weight is 371 g/mol. The lowest BCUT2D eigenvalue weighted by Gasteiger charge is -2.38. The van der Waals surface area contributed by atoms with Crippen LogP contribution in [-0.2, 0) is 4.74 Å². The molecule has 0 saturated carbocycles. The third-order valence-corrected chi connectivity index (χ3v) is 5.31. The van der Waals surface area contributed by atoms with Crippen LogP contribution in [0.5, 0.6) is 0 Å². The third kappa shape index (κ3) is 4.05. The number of rotatable bonds is 3. The van der Waals surface area contributed by atoms with E-state index >= 15 is 0 Å². The van der Waals surface area contributed by atoms with E-state index in [-0.39, 0.29) is 24.2 Å². The van der Waals surface area contributed by atoms with Gasteiger partial charge in [0.05, 0.1) is 22.8 Å². The number of morpholine rings is 1. The lowest BCUT2D eigenvalue weighted by Crippen LogP contribution is -2.50. The predicted octanol–water partition coefficient (Wildman–Crippen LogP) is 3.71. The lowest BCUT2D eigenvalue weighted by atomic mass is 10.1. The van der Waals surface area contributed by atoms with Crippen molar-refractivity contribution in [3.63, 3.8) is 0 Å². The first-order chi connectivity index (χ1) is 11.4. The number of nitrogens with zero attached hydrogens (tertiary/aromatic N) is 2. The molecule has 1 aromatic carbocycles. The fraction of sp³-hybridized carbons (Fsp3) is 0.611. The number of benzene rings is 1. The van der Waals surface area contributed by atoms with Gasteiger partial charge in [0.15, 0.2) is 0 Å². The van der Waals surface area contributed by atoms with Crippen molar-refractivity contribution in [1.82, 2.24) is 9.80 Å². The Labute approximate surface area is 153 Å². The second kappa shape index (κ2) is 7.61. The number of hydrogen-bond acceptors (Lipinski definition) is 3. The number of ether oxygens (including phenoxy) is 1. The molecule has 0 bridgehead atoms. The largest absolute Gasteiger partial charge is 0.373 e. The zero-order chi connectivity index (χ0) is 17.3. The number of likely N-dealkylation sites (tertiary alicyclic amines) is 1. The zero-order valence-electron chi connectivity index (χ0n) is 14.2. The molecule has 24 heavy (non-hydrogen) atoms. The smallest absolute Gasteiger partial charge is 0.255 e. The van der Waals surface area contributed by atoms with Gasteiger partial charge < -0.3 is 9.64 Å². The van der Waals surface area contributed by atoms with Crippen molar-refractivity contribution in [2.45, 2.75) is 44.9 Å². The maximum atomic E-state index is 12.9. The van der Waals surface area contributed by atoms with Gasteiger partial charge in [0.25, 0.3) is 5.91 Å². The summed E-state index contributed by atoms with van der Waals surface area (Å²) in [5.41, 5.74) is 0.539. The van der Waals surface area contributed by atoms with Crippen molar-refractivity contribution in [1.29, 1.82) is 0 Å². The fourth-order valence-corrected chi connectivity index (χ4v) is 4.33. The Morgan fingerprint density at radius 3 is 2.62 bits per heavy atom. The molecule has 4 nitrogen and oxygen atoms in total. The molecule has 0 spiro atoms. The summed E-state index contributed by atoms with van der Waals surface area (Å²) in [4.78, 5) is 17.3. The first-order valence-corrected chi connectivity index (χ1v) is 9.33. The van der Waals surface area contributed by atoms with E-state index in [1.54, 1.807) is 18.2 Å². The van der Waals surface area contributed by atoms with Gasteiger partial charge in [-0.1, -0.05) is 23.2 Å². The molecule has 2 fully saturated rings. The molecule has 0 aromatic heterocycles. The van der Waals surface area contributed by atoms with Crippen LogP contribution in [-0.4, -0.2) is 60.1 Å². The molecule has 0 N–H and O–H groups in total. The molecule has 3 rings (SSSR count). The van der Waals surface area contributed by atoms with Crippen LogP contribution in [0.25, 0.3) is 0 Å². The number of carbonyl (C=O) groups is 1. The number of amides is 1. The van der Waals surface area contributed by atoms with Gasteiger partial charge in [-0.2, -0.15) is 0 Å². The minimum absolute atomic E-state index is 0.00789. The van der Waals surface area contributed by atoms with Crippen molar-refractivity contribution in [2.24, 2.45) is 0 Å². The maximum absolute atomic E-state index is 12.9. The highest BCUT2D eigenvalue weighted by atomic mass is 35.5. The fourth-order valence-electron chi connectivity index (χ4n) is 3.84. The lowest BCUT2D eigenvalue weighted by molar-refractivity contribution is -0.0715. The Balaban J connectivity index is 1.69. The van der Waals surface area contributed by atoms with Gasteiger partial charge in [-0.25, -0.2) is 0 Å². The van der Waals surface area contributed by atoms with Gasteiger partial charge in [0, 0.05) is 37.2 Å². The molecule has 2 aliphatic rings. The number of carbonyl (C=O) groups excluding carboxylic acids is 1. The zero-order valence-corrected chi connectivity index (χ0v) is 15.7. The minimum Gasteiger partial charge on any atom is -0.373 e. The molecule has 0 unspecified atom stereocenters. The van der Waals surface area contributed by atoms with E-state index in [9.17, 15) is 4.79 Å². The molecule has 3 atom stereocenters. The van der Waals surface area contributed by atoms with Crippen LogP contribution in [0.2, 0.25) is 10.0 Å². The van der Waals surface area contributed by atoms with E-state index in [4.69, 9.17) is 27.9 Å². The number of hydrogen-bond donors (Lipinski definition) is 0. The van der Waals surface area contributed by atoms with E-state index in [1.165, 1.54) is 0 Å². The summed E-state index contributed by atoms with van der Waals surface area (Å²) in [6, 6.07) is 5.31. The Kier molecular flexibility index (Phi) is 5.70. The Bertz CT molecular complexity index is 601. The highest BCUT2D eigenvalue weighted by Crippen LogP contribution is 2.27. The van der Waals surface area contributed by atoms with E-state index in [0.717, 1.165) is 39.0 Å². The topological polar surface area (TPSA) is 32.8 Å². The van der Waals surface area contributed by atoms with E-state index < -0.39 is 0 Å². The second-order valence-electron chi connectivity index (χ2n) is 6.89. The summed E-state index contributed by atoms with van der Waals surface area (Å²) in [6.07, 6.45) is 2.56. The molecule has 132 valence electrons. The van der Waals surface area contributed by atoms with Crippen molar-refractivity contribution in [3.8, 4) is 0 Å². The van der Waals surface area contributed by atoms with Gasteiger partial charge >= 0.3 is 0 Å². The van der Waals surface area contributed by atoms with Crippen molar-refractivity contribution >= 4 is 29.1 Å². The molecule has 0 aliphatic carbocycles. The quantitative estimate of drug-likeness (QED) is 0.812. The number of halogens is 2. The molecule has 1 aromatic rings. The second-order valence-corrected chi connectivity index (χ2v) is 7.74. The van der Waals surface area contributed by atoms with Crippen LogP contribution in [0.15, 0.2) is 18.2 Å². The van der Waals surface area contributed by atoms with E-state index in [2.05, 4.69) is 18.7 Å². The maximum Gasteiger partial charge on any atom is 0.255 e. The molecule has 1 amide bonds. The van der Waals surface area contributed by atoms with E-state index in [0.29, 0.717) is 15.6 Å². The Morgan fingerprint density at radius 1 is 1.25 bits per heavy atom. The van der Waals surface area contributed by atoms with Gasteiger partial charge in [0.2, 0.25) is 0 Å². The summed E-state index contributed by atoms with van der Waals surface area (Å²) >= 11 is 12.2. The molecule has 6 heteroatoms. The normalized spacial score (nSPS) is 28.3. The van der Waals surface area contributed by atoms with Crippen LogP contribution < -0.4 is 0 Å². The highest BCUT2D eigenvalue weighted by Gasteiger charge is 2.33. The van der Waals surface area contributed by atoms with Crippen LogP contribution in [0.3, 0.4) is 0 Å². The van der Waals surface area contributed by atoms with Crippen LogP contribution >= 0.6 is 23.2 Å². The Hall–Kier alpha value is -0.810. The predicted molar refractivity (Wildman–Crippen MR) is 97.0 cm³/mol. The van der Waals surface area contributed by atoms with Gasteiger partial charge in [0.1, 0.15) is 0 Å². The van der Waals surface area contributed by atoms with Crippen molar-refractivity contribution in [3.05, 3.63) is 33.8 Å². The van der Waals surface area contributed by atoms with Crippen LogP contribution in [0.4, 0.5) is 0 Å². The van der Waals surface area contributed by atoms with Crippen molar-refractivity contribution in [2.75, 3.05) is 26.2 Å². The third-order valence-electron chi connectivity index (χ3n) is 4.76. The first kappa shape index (κ1) is 18.0. The molecular weight excluding hydrogens is 347 g/mol. The highest BCUT2D eigenvalue weighted by molar-refractivity contribution is 6.36. The van der Waals surface area contributed by atoms with Gasteiger partial charge in [-0.3, -0.25) is 9.69 Å². The SMILES string of the molecule is C[C@@H]1CN(C[C@H]2CCCN2C(=O)c2ccc(Cl)cc2Cl)C[C@@H](C)O1. The molecular formula is C18H24Cl2N2O2. The summed E-state index contributed by atoms with van der Waals surface area (Å²) < 4.78 is 5.80. The van der Waals surface area contributed by atoms with Crippen LogP contribution in [0.1, 0.15) is 37.0 Å². The summed E-state index contributed by atoms with van der Waals surface area (Å²) in [7, 11) is 0. The summed E-state index contributed by atoms with van der Waals surface area (Å²) in [5, 5.41) is 0.970. The monoisotopic (exact) mass is 370 g/mol. The summed E-state index contributed by atoms with van der Waals surface area (Å²) in [6.45, 7) is 7.74. The van der Waals surface area contributed by atoms with E-state index in [1.807, 2.05) is 4.90 Å². The average Bonchev–Trinajstić information content (AvgIpc) is 2.93. The molecule has 2 aliphatic heterocycles.